The zero-order valence-electron chi connectivity index (χ0n) is 17.0. The number of rotatable bonds is 4. The first kappa shape index (κ1) is 21.2. The van der Waals surface area contributed by atoms with E-state index in [0.717, 1.165) is 22.4 Å². The molecule has 0 radical (unpaired) electrons. The van der Waals surface area contributed by atoms with Gasteiger partial charge in [0.15, 0.2) is 5.17 Å². The molecule has 1 N–H and O–H groups in total. The number of hydrogen-bond donors (Lipinski definition) is 1. The fourth-order valence-corrected chi connectivity index (χ4v) is 5.81. The minimum Gasteiger partial charge on any atom is -0.477 e. The van der Waals surface area contributed by atoms with Crippen molar-refractivity contribution in [2.45, 2.75) is 39.3 Å². The molecular weight excluding hydrogens is 441 g/mol. The molecule has 0 spiro atoms. The molecule has 0 aliphatic carbocycles. The Bertz CT molecular complexity index is 1100. The van der Waals surface area contributed by atoms with Crippen molar-refractivity contribution < 1.29 is 9.90 Å². The molecule has 4 rings (SSSR count). The summed E-state index contributed by atoms with van der Waals surface area (Å²) in [4.78, 5) is 23.7. The SMILES string of the molecule is Cc1cc(Cl)ccc1C1N2C(=NC1(C)c1ccc(Cl)nc1)SC(C(=O)O)=C2C(C)C. The summed E-state index contributed by atoms with van der Waals surface area (Å²) in [5.74, 6) is -0.917. The second-order valence-electron chi connectivity index (χ2n) is 7.96. The lowest BCUT2D eigenvalue weighted by Crippen LogP contribution is -2.36. The molecule has 0 bridgehead atoms. The van der Waals surface area contributed by atoms with Gasteiger partial charge in [0.05, 0.1) is 6.04 Å². The van der Waals surface area contributed by atoms with Gasteiger partial charge < -0.3 is 10.0 Å². The van der Waals surface area contributed by atoms with Gasteiger partial charge in [-0.3, -0.25) is 0 Å². The number of allylic oxidation sites excluding steroid dienone is 1. The number of aliphatic carboxylic acids is 1. The first-order valence-electron chi connectivity index (χ1n) is 9.56. The highest BCUT2D eigenvalue weighted by atomic mass is 35.5. The molecule has 2 aliphatic heterocycles. The van der Waals surface area contributed by atoms with Crippen LogP contribution in [0.1, 0.15) is 43.5 Å². The number of nitrogens with zero attached hydrogens (tertiary/aromatic N) is 3. The first-order valence-corrected chi connectivity index (χ1v) is 11.1. The van der Waals surface area contributed by atoms with E-state index in [1.165, 1.54) is 11.8 Å². The molecule has 2 aliphatic rings. The quantitative estimate of drug-likeness (QED) is 0.563. The van der Waals surface area contributed by atoms with Crippen LogP contribution in [0.4, 0.5) is 0 Å². The highest BCUT2D eigenvalue weighted by molar-refractivity contribution is 8.18. The van der Waals surface area contributed by atoms with Gasteiger partial charge in [0.1, 0.15) is 15.6 Å². The van der Waals surface area contributed by atoms with E-state index < -0.39 is 11.5 Å². The summed E-state index contributed by atoms with van der Waals surface area (Å²) in [5.41, 5.74) is 3.07. The lowest BCUT2D eigenvalue weighted by Gasteiger charge is -2.37. The summed E-state index contributed by atoms with van der Waals surface area (Å²) in [7, 11) is 0. The zero-order valence-corrected chi connectivity index (χ0v) is 19.3. The van der Waals surface area contributed by atoms with Crippen LogP contribution in [0.3, 0.4) is 0 Å². The number of hydrogen-bond acceptors (Lipinski definition) is 5. The normalized spacial score (nSPS) is 23.2. The number of pyridine rings is 1. The van der Waals surface area contributed by atoms with Crippen molar-refractivity contribution in [3.05, 3.63) is 74.0 Å². The Labute approximate surface area is 189 Å². The van der Waals surface area contributed by atoms with Crippen LogP contribution in [0.25, 0.3) is 0 Å². The van der Waals surface area contributed by atoms with Crippen LogP contribution in [-0.2, 0) is 10.3 Å². The Hall–Kier alpha value is -2.02. The van der Waals surface area contributed by atoms with Gasteiger partial charge in [-0.1, -0.05) is 49.2 Å². The number of halogens is 2. The van der Waals surface area contributed by atoms with E-state index in [1.54, 1.807) is 12.3 Å². The Morgan fingerprint density at radius 2 is 2.00 bits per heavy atom. The molecule has 0 amide bonds. The van der Waals surface area contributed by atoms with Gasteiger partial charge >= 0.3 is 5.97 Å². The number of aryl methyl sites for hydroxylation is 1. The fourth-order valence-electron chi connectivity index (χ4n) is 4.22. The van der Waals surface area contributed by atoms with Crippen LogP contribution in [0.5, 0.6) is 0 Å². The lowest BCUT2D eigenvalue weighted by molar-refractivity contribution is -0.131. The highest BCUT2D eigenvalue weighted by Gasteiger charge is 2.53. The third kappa shape index (κ3) is 3.31. The molecule has 3 heterocycles. The summed E-state index contributed by atoms with van der Waals surface area (Å²) in [5, 5.41) is 11.6. The fraction of sp³-hybridized carbons (Fsp3) is 0.318. The van der Waals surface area contributed by atoms with Crippen LogP contribution < -0.4 is 0 Å². The van der Waals surface area contributed by atoms with Crippen LogP contribution >= 0.6 is 35.0 Å². The molecule has 2 aromatic rings. The third-order valence-corrected chi connectivity index (χ3v) is 7.11. The van der Waals surface area contributed by atoms with E-state index in [0.29, 0.717) is 20.2 Å². The van der Waals surface area contributed by atoms with Crippen molar-refractivity contribution in [3.63, 3.8) is 0 Å². The van der Waals surface area contributed by atoms with Crippen LogP contribution in [0.2, 0.25) is 10.2 Å². The summed E-state index contributed by atoms with van der Waals surface area (Å²) in [6, 6.07) is 9.24. The van der Waals surface area contributed by atoms with Gasteiger partial charge in [-0.05, 0) is 60.9 Å². The van der Waals surface area contributed by atoms with Crippen molar-refractivity contribution in [1.82, 2.24) is 9.88 Å². The molecule has 0 fully saturated rings. The molecule has 1 aromatic carbocycles. The average molecular weight is 462 g/mol. The van der Waals surface area contributed by atoms with Crippen LogP contribution in [0, 0.1) is 12.8 Å². The van der Waals surface area contributed by atoms with Crippen molar-refractivity contribution in [3.8, 4) is 0 Å². The van der Waals surface area contributed by atoms with E-state index in [9.17, 15) is 9.90 Å². The largest absolute Gasteiger partial charge is 0.477 e. The number of aliphatic imine (C=N–C) groups is 1. The Balaban J connectivity index is 1.96. The number of carboxylic acids is 1. The Morgan fingerprint density at radius 3 is 2.57 bits per heavy atom. The predicted octanol–water partition coefficient (Wildman–Crippen LogP) is 6.02. The number of benzene rings is 1. The predicted molar refractivity (Wildman–Crippen MR) is 122 cm³/mol. The topological polar surface area (TPSA) is 65.8 Å². The number of carbonyl (C=O) groups is 1. The highest BCUT2D eigenvalue weighted by Crippen LogP contribution is 2.56. The van der Waals surface area contributed by atoms with Crippen LogP contribution in [-0.4, -0.2) is 26.1 Å². The molecule has 0 saturated carbocycles. The number of amidine groups is 1. The van der Waals surface area contributed by atoms with Crippen molar-refractivity contribution in [2.24, 2.45) is 10.9 Å². The van der Waals surface area contributed by atoms with Crippen molar-refractivity contribution >= 4 is 46.1 Å². The zero-order chi connectivity index (χ0) is 21.8. The van der Waals surface area contributed by atoms with Gasteiger partial charge in [0, 0.05) is 22.5 Å². The summed E-state index contributed by atoms with van der Waals surface area (Å²) in [6.07, 6.45) is 1.74. The number of aromatic nitrogens is 1. The van der Waals surface area contributed by atoms with Crippen molar-refractivity contribution in [2.75, 3.05) is 0 Å². The maximum atomic E-state index is 12.0. The van der Waals surface area contributed by atoms with E-state index in [1.807, 2.05) is 45.0 Å². The molecule has 5 nitrogen and oxygen atoms in total. The van der Waals surface area contributed by atoms with Gasteiger partial charge in [0.2, 0.25) is 0 Å². The number of carboxylic acid groups (broad SMARTS) is 1. The number of thioether (sulfide) groups is 1. The molecule has 8 heteroatoms. The van der Waals surface area contributed by atoms with E-state index in [4.69, 9.17) is 28.2 Å². The summed E-state index contributed by atoms with van der Waals surface area (Å²) >= 11 is 13.5. The van der Waals surface area contributed by atoms with Crippen molar-refractivity contribution in [1.29, 1.82) is 0 Å². The molecule has 30 heavy (non-hydrogen) atoms. The van der Waals surface area contributed by atoms with E-state index in [-0.39, 0.29) is 12.0 Å². The van der Waals surface area contributed by atoms with Gasteiger partial charge in [-0.2, -0.15) is 0 Å². The molecule has 1 aromatic heterocycles. The van der Waals surface area contributed by atoms with Crippen LogP contribution in [0.15, 0.2) is 52.1 Å². The smallest absolute Gasteiger partial charge is 0.344 e. The van der Waals surface area contributed by atoms with Gasteiger partial charge in [0.25, 0.3) is 0 Å². The average Bonchev–Trinajstić information content (AvgIpc) is 3.16. The minimum atomic E-state index is -0.928. The van der Waals surface area contributed by atoms with Gasteiger partial charge in [-0.25, -0.2) is 14.8 Å². The monoisotopic (exact) mass is 461 g/mol. The molecule has 156 valence electrons. The Kier molecular flexibility index (Phi) is 5.37. The molecule has 0 saturated heterocycles. The van der Waals surface area contributed by atoms with Gasteiger partial charge in [-0.15, -0.1) is 0 Å². The summed E-state index contributed by atoms with van der Waals surface area (Å²) in [6.45, 7) is 8.08. The Morgan fingerprint density at radius 1 is 1.27 bits per heavy atom. The second kappa shape index (κ2) is 7.59. The number of fused-ring (bicyclic) bond motifs is 1. The third-order valence-electron chi connectivity index (χ3n) is 5.59. The second-order valence-corrected chi connectivity index (χ2v) is 9.76. The summed E-state index contributed by atoms with van der Waals surface area (Å²) < 4.78 is 0. The minimum absolute atomic E-state index is 0.0112. The molecular formula is C22H21Cl2N3O2S. The first-order chi connectivity index (χ1) is 14.1. The molecule has 2 unspecified atom stereocenters. The maximum absolute atomic E-state index is 12.0. The molecule has 2 atom stereocenters. The van der Waals surface area contributed by atoms with E-state index >= 15 is 0 Å². The lowest BCUT2D eigenvalue weighted by atomic mass is 9.80. The maximum Gasteiger partial charge on any atom is 0.344 e. The standard InChI is InChI=1S/C22H21Cl2N3O2S/c1-11(2)17-18(20(28)29)30-21-26-22(4,13-5-8-16(24)25-10-13)19(27(17)21)15-7-6-14(23)9-12(15)3/h5-11,19H,1-4H3,(H,28,29). The van der Waals surface area contributed by atoms with E-state index in [2.05, 4.69) is 16.8 Å².